The summed E-state index contributed by atoms with van der Waals surface area (Å²) < 4.78 is 0.796. The van der Waals surface area contributed by atoms with E-state index in [9.17, 15) is 4.79 Å². The zero-order valence-corrected chi connectivity index (χ0v) is 11.3. The lowest BCUT2D eigenvalue weighted by molar-refractivity contribution is -0.131. The molecule has 1 aliphatic rings. The van der Waals surface area contributed by atoms with Gasteiger partial charge < -0.3 is 10.2 Å². The Bertz CT molecular complexity index is 374. The van der Waals surface area contributed by atoms with Crippen LogP contribution in [-0.2, 0) is 11.3 Å². The lowest BCUT2D eigenvalue weighted by atomic mass is 10.1. The summed E-state index contributed by atoms with van der Waals surface area (Å²) in [6.07, 6.45) is 3.55. The van der Waals surface area contributed by atoms with Crippen LogP contribution in [0.1, 0.15) is 24.1 Å². The molecule has 1 fully saturated rings. The van der Waals surface area contributed by atoms with Gasteiger partial charge >= 0.3 is 0 Å². The number of amides is 1. The van der Waals surface area contributed by atoms with Gasteiger partial charge in [0.15, 0.2) is 0 Å². The summed E-state index contributed by atoms with van der Waals surface area (Å²) in [5, 5.41) is 3.17. The number of carbonyl (C=O) groups is 1. The van der Waals surface area contributed by atoms with E-state index in [0.29, 0.717) is 6.54 Å². The van der Waals surface area contributed by atoms with Crippen molar-refractivity contribution in [2.75, 3.05) is 19.6 Å². The highest BCUT2D eigenvalue weighted by atomic mass is 35.5. The van der Waals surface area contributed by atoms with Gasteiger partial charge in [0, 0.05) is 24.5 Å². The largest absolute Gasteiger partial charge is 0.342 e. The number of likely N-dealkylation sites (tertiary alicyclic amines) is 1. The van der Waals surface area contributed by atoms with Crippen LogP contribution in [0.4, 0.5) is 0 Å². The van der Waals surface area contributed by atoms with Gasteiger partial charge in [-0.3, -0.25) is 4.79 Å². The molecular weight excluding hydrogens is 256 g/mol. The molecule has 2 heterocycles. The summed E-state index contributed by atoms with van der Waals surface area (Å²) in [5.41, 5.74) is 0. The number of halogens is 1. The van der Waals surface area contributed by atoms with Gasteiger partial charge in [0.2, 0.25) is 5.91 Å². The Balaban J connectivity index is 1.69. The van der Waals surface area contributed by atoms with Gasteiger partial charge in [-0.25, -0.2) is 0 Å². The lowest BCUT2D eigenvalue weighted by Crippen LogP contribution is -2.40. The molecule has 0 saturated carbocycles. The maximum atomic E-state index is 11.8. The topological polar surface area (TPSA) is 32.3 Å². The Morgan fingerprint density at radius 2 is 2.12 bits per heavy atom. The van der Waals surface area contributed by atoms with E-state index in [1.165, 1.54) is 11.3 Å². The van der Waals surface area contributed by atoms with E-state index >= 15 is 0 Å². The van der Waals surface area contributed by atoms with Crippen molar-refractivity contribution in [3.8, 4) is 0 Å². The summed E-state index contributed by atoms with van der Waals surface area (Å²) in [6.45, 7) is 2.99. The number of hydrogen-bond donors (Lipinski definition) is 1. The molecule has 0 spiro atoms. The van der Waals surface area contributed by atoms with Crippen LogP contribution >= 0.6 is 22.9 Å². The molecule has 5 heteroatoms. The van der Waals surface area contributed by atoms with Crippen molar-refractivity contribution in [3.63, 3.8) is 0 Å². The minimum absolute atomic E-state index is 0.215. The van der Waals surface area contributed by atoms with Crippen LogP contribution < -0.4 is 5.32 Å². The molecule has 1 aliphatic heterocycles. The first-order chi connectivity index (χ1) is 8.25. The highest BCUT2D eigenvalue weighted by molar-refractivity contribution is 7.16. The normalized spacial score (nSPS) is 16.2. The van der Waals surface area contributed by atoms with Crippen molar-refractivity contribution >= 4 is 28.8 Å². The molecule has 17 heavy (non-hydrogen) atoms. The second-order valence-electron chi connectivity index (χ2n) is 4.25. The van der Waals surface area contributed by atoms with Crippen LogP contribution in [-0.4, -0.2) is 30.4 Å². The molecule has 2 rings (SSSR count). The SMILES string of the molecule is O=C(CNCc1ccc(Cl)s1)N1CCCCC1. The van der Waals surface area contributed by atoms with Gasteiger partial charge in [-0.15, -0.1) is 11.3 Å². The van der Waals surface area contributed by atoms with Gasteiger partial charge in [-0.1, -0.05) is 11.6 Å². The zero-order valence-electron chi connectivity index (χ0n) is 9.75. The van der Waals surface area contributed by atoms with Crippen LogP contribution in [0.15, 0.2) is 12.1 Å². The molecule has 3 nitrogen and oxygen atoms in total. The van der Waals surface area contributed by atoms with Crippen molar-refractivity contribution < 1.29 is 4.79 Å². The second kappa shape index (κ2) is 6.38. The first kappa shape index (κ1) is 12.9. The van der Waals surface area contributed by atoms with Crippen LogP contribution in [0, 0.1) is 0 Å². The second-order valence-corrected chi connectivity index (χ2v) is 6.05. The van der Waals surface area contributed by atoms with Crippen LogP contribution in [0.2, 0.25) is 4.34 Å². The first-order valence-corrected chi connectivity index (χ1v) is 7.18. The molecule has 0 atom stereocenters. The molecule has 1 aromatic heterocycles. The predicted octanol–water partition coefficient (Wildman–Crippen LogP) is 2.50. The molecule has 0 bridgehead atoms. The molecular formula is C12H17ClN2OS. The molecule has 1 aromatic rings. The standard InChI is InChI=1S/C12H17ClN2OS/c13-11-5-4-10(17-11)8-14-9-12(16)15-6-2-1-3-7-15/h4-5,14H,1-3,6-9H2. The zero-order chi connectivity index (χ0) is 12.1. The highest BCUT2D eigenvalue weighted by Gasteiger charge is 2.15. The lowest BCUT2D eigenvalue weighted by Gasteiger charge is -2.26. The van der Waals surface area contributed by atoms with E-state index in [2.05, 4.69) is 5.32 Å². The van der Waals surface area contributed by atoms with Crippen molar-refractivity contribution in [1.82, 2.24) is 10.2 Å². The number of hydrogen-bond acceptors (Lipinski definition) is 3. The number of nitrogens with one attached hydrogen (secondary N) is 1. The third-order valence-corrected chi connectivity index (χ3v) is 4.14. The summed E-state index contributed by atoms with van der Waals surface area (Å²) in [6, 6.07) is 3.88. The van der Waals surface area contributed by atoms with E-state index in [1.807, 2.05) is 17.0 Å². The summed E-state index contributed by atoms with van der Waals surface area (Å²) in [4.78, 5) is 15.0. The average Bonchev–Trinajstić information content (AvgIpc) is 2.76. The van der Waals surface area contributed by atoms with Crippen molar-refractivity contribution in [2.45, 2.75) is 25.8 Å². The fourth-order valence-electron chi connectivity index (χ4n) is 1.99. The molecule has 1 saturated heterocycles. The van der Waals surface area contributed by atoms with Crippen molar-refractivity contribution in [3.05, 3.63) is 21.3 Å². The van der Waals surface area contributed by atoms with Crippen molar-refractivity contribution in [2.24, 2.45) is 0 Å². The van der Waals surface area contributed by atoms with E-state index in [1.54, 1.807) is 11.3 Å². The minimum atomic E-state index is 0.215. The smallest absolute Gasteiger partial charge is 0.236 e. The van der Waals surface area contributed by atoms with E-state index in [-0.39, 0.29) is 5.91 Å². The van der Waals surface area contributed by atoms with E-state index < -0.39 is 0 Å². The fourth-order valence-corrected chi connectivity index (χ4v) is 3.05. The summed E-state index contributed by atoms with van der Waals surface area (Å²) in [5.74, 6) is 0.215. The van der Waals surface area contributed by atoms with E-state index in [4.69, 9.17) is 11.6 Å². The van der Waals surface area contributed by atoms with Crippen LogP contribution in [0.25, 0.3) is 0 Å². The number of rotatable bonds is 4. The summed E-state index contributed by atoms with van der Waals surface area (Å²) in [7, 11) is 0. The molecule has 0 radical (unpaired) electrons. The molecule has 0 unspecified atom stereocenters. The Morgan fingerprint density at radius 3 is 2.76 bits per heavy atom. The Kier molecular flexibility index (Phi) is 4.83. The van der Waals surface area contributed by atoms with Crippen LogP contribution in [0.5, 0.6) is 0 Å². The molecule has 0 aromatic carbocycles. The van der Waals surface area contributed by atoms with Gasteiger partial charge in [0.05, 0.1) is 10.9 Å². The van der Waals surface area contributed by atoms with Gasteiger partial charge in [0.1, 0.15) is 0 Å². The third kappa shape index (κ3) is 3.98. The first-order valence-electron chi connectivity index (χ1n) is 5.98. The number of nitrogens with zero attached hydrogens (tertiary/aromatic N) is 1. The number of thiophene rings is 1. The number of carbonyl (C=O) groups excluding carboxylic acids is 1. The van der Waals surface area contributed by atoms with Gasteiger partial charge in [0.25, 0.3) is 0 Å². The maximum Gasteiger partial charge on any atom is 0.236 e. The fraction of sp³-hybridized carbons (Fsp3) is 0.583. The predicted molar refractivity (Wildman–Crippen MR) is 71.5 cm³/mol. The Morgan fingerprint density at radius 1 is 1.35 bits per heavy atom. The molecule has 1 amide bonds. The molecule has 1 N–H and O–H groups in total. The van der Waals surface area contributed by atoms with Gasteiger partial charge in [-0.2, -0.15) is 0 Å². The minimum Gasteiger partial charge on any atom is -0.342 e. The monoisotopic (exact) mass is 272 g/mol. The molecule has 94 valence electrons. The summed E-state index contributed by atoms with van der Waals surface area (Å²) >= 11 is 7.39. The third-order valence-electron chi connectivity index (χ3n) is 2.91. The average molecular weight is 273 g/mol. The van der Waals surface area contributed by atoms with Gasteiger partial charge in [-0.05, 0) is 31.4 Å². The number of piperidine rings is 1. The molecule has 0 aliphatic carbocycles. The quantitative estimate of drug-likeness (QED) is 0.913. The van der Waals surface area contributed by atoms with Crippen LogP contribution in [0.3, 0.4) is 0 Å². The maximum absolute atomic E-state index is 11.8. The van der Waals surface area contributed by atoms with E-state index in [0.717, 1.165) is 36.8 Å². The Hall–Kier alpha value is -0.580. The van der Waals surface area contributed by atoms with Crippen molar-refractivity contribution in [1.29, 1.82) is 0 Å². The Labute approximate surface area is 111 Å². The highest BCUT2D eigenvalue weighted by Crippen LogP contribution is 2.20.